The molecule has 0 aromatic carbocycles. The maximum atomic E-state index is 13.8. The highest BCUT2D eigenvalue weighted by atomic mass is 32.1. The molecular formula is C24H31N7O2S. The zero-order chi connectivity index (χ0) is 24.1. The number of hydrogen-bond donors (Lipinski definition) is 1. The van der Waals surface area contributed by atoms with Gasteiger partial charge in [-0.05, 0) is 68.0 Å². The average Bonchev–Trinajstić information content (AvgIpc) is 3.49. The molecule has 1 N–H and O–H groups in total. The van der Waals surface area contributed by atoms with Gasteiger partial charge in [0.05, 0.1) is 4.88 Å². The second-order valence-corrected chi connectivity index (χ2v) is 10.6. The van der Waals surface area contributed by atoms with Crippen LogP contribution in [0.3, 0.4) is 0 Å². The Bertz CT molecular complexity index is 1090. The van der Waals surface area contributed by atoms with Crippen molar-refractivity contribution in [2.45, 2.75) is 77.0 Å². The van der Waals surface area contributed by atoms with Crippen molar-refractivity contribution in [3.63, 3.8) is 0 Å². The molecule has 1 aliphatic rings. The van der Waals surface area contributed by atoms with E-state index in [1.807, 2.05) is 38.3 Å². The van der Waals surface area contributed by atoms with E-state index in [-0.39, 0.29) is 24.4 Å². The molecule has 180 valence electrons. The van der Waals surface area contributed by atoms with Crippen molar-refractivity contribution >= 4 is 23.2 Å². The van der Waals surface area contributed by atoms with Crippen LogP contribution in [0, 0.1) is 0 Å². The van der Waals surface area contributed by atoms with Crippen LogP contribution in [0.2, 0.25) is 0 Å². The molecule has 4 rings (SSSR count). The summed E-state index contributed by atoms with van der Waals surface area (Å²) in [5.74, 6) is 0.0829. The van der Waals surface area contributed by atoms with Crippen molar-refractivity contribution in [3.8, 4) is 10.7 Å². The molecule has 3 aromatic heterocycles. The second kappa shape index (κ2) is 10.4. The molecule has 0 unspecified atom stereocenters. The van der Waals surface area contributed by atoms with Crippen LogP contribution in [0.5, 0.6) is 0 Å². The molecule has 0 radical (unpaired) electrons. The molecule has 9 nitrogen and oxygen atoms in total. The summed E-state index contributed by atoms with van der Waals surface area (Å²) >= 11 is 1.52. The predicted octanol–water partition coefficient (Wildman–Crippen LogP) is 3.61. The predicted molar refractivity (Wildman–Crippen MR) is 130 cm³/mol. The molecule has 0 aliphatic heterocycles. The first-order valence-corrected chi connectivity index (χ1v) is 12.5. The Morgan fingerprint density at radius 2 is 1.91 bits per heavy atom. The molecule has 0 bridgehead atoms. The van der Waals surface area contributed by atoms with Gasteiger partial charge in [-0.15, -0.1) is 21.5 Å². The maximum absolute atomic E-state index is 13.8. The van der Waals surface area contributed by atoms with Crippen LogP contribution in [-0.2, 0) is 16.1 Å². The van der Waals surface area contributed by atoms with E-state index >= 15 is 0 Å². The van der Waals surface area contributed by atoms with Crippen LogP contribution in [0.15, 0.2) is 42.0 Å². The lowest BCUT2D eigenvalue weighted by Crippen LogP contribution is -2.53. The van der Waals surface area contributed by atoms with Gasteiger partial charge >= 0.3 is 0 Å². The molecule has 2 amide bonds. The number of carbonyl (C=O) groups excluding carboxylic acids is 2. The van der Waals surface area contributed by atoms with Gasteiger partial charge in [-0.2, -0.15) is 4.80 Å². The lowest BCUT2D eigenvalue weighted by molar-refractivity contribution is -0.146. The fraction of sp³-hybridized carbons (Fsp3) is 0.500. The SMILES string of the molecule is CC(C)(C)NC(=O)[C@H](c1ccncc1)N(C(=O)Cn1nnc(-c2cccs2)n1)C1CCCCC1. The Balaban J connectivity index is 1.66. The third-order valence-corrected chi connectivity index (χ3v) is 6.64. The van der Waals surface area contributed by atoms with Gasteiger partial charge in [0.25, 0.3) is 0 Å². The van der Waals surface area contributed by atoms with Gasteiger partial charge in [-0.3, -0.25) is 14.6 Å². The summed E-state index contributed by atoms with van der Waals surface area (Å²) in [5.41, 5.74) is 0.300. The van der Waals surface area contributed by atoms with Crippen molar-refractivity contribution in [3.05, 3.63) is 47.6 Å². The third-order valence-electron chi connectivity index (χ3n) is 5.77. The van der Waals surface area contributed by atoms with Crippen LogP contribution < -0.4 is 5.32 Å². The molecule has 0 saturated heterocycles. The Kier molecular flexibility index (Phi) is 7.35. The molecule has 0 spiro atoms. The summed E-state index contributed by atoms with van der Waals surface area (Å²) in [5, 5.41) is 17.6. The number of amides is 2. The fourth-order valence-corrected chi connectivity index (χ4v) is 5.00. The minimum atomic E-state index is -0.766. The van der Waals surface area contributed by atoms with Gasteiger partial charge in [-0.1, -0.05) is 25.3 Å². The number of nitrogens with zero attached hydrogens (tertiary/aromatic N) is 6. The molecule has 3 heterocycles. The number of hydrogen-bond acceptors (Lipinski definition) is 7. The van der Waals surface area contributed by atoms with E-state index in [4.69, 9.17) is 0 Å². The largest absolute Gasteiger partial charge is 0.349 e. The van der Waals surface area contributed by atoms with Crippen molar-refractivity contribution < 1.29 is 9.59 Å². The maximum Gasteiger partial charge on any atom is 0.247 e. The number of carbonyl (C=O) groups is 2. The van der Waals surface area contributed by atoms with Crippen LogP contribution in [0.4, 0.5) is 0 Å². The third kappa shape index (κ3) is 5.85. The quantitative estimate of drug-likeness (QED) is 0.553. The number of tetrazole rings is 1. The van der Waals surface area contributed by atoms with Gasteiger partial charge in [-0.25, -0.2) is 0 Å². The smallest absolute Gasteiger partial charge is 0.247 e. The first kappa shape index (κ1) is 24.0. The fourth-order valence-electron chi connectivity index (χ4n) is 4.36. The molecule has 1 atom stereocenters. The summed E-state index contributed by atoms with van der Waals surface area (Å²) in [7, 11) is 0. The van der Waals surface area contributed by atoms with Gasteiger partial charge in [0.2, 0.25) is 17.6 Å². The molecule has 1 saturated carbocycles. The Morgan fingerprint density at radius 3 is 2.56 bits per heavy atom. The lowest BCUT2D eigenvalue weighted by atomic mass is 9.91. The monoisotopic (exact) mass is 481 g/mol. The minimum absolute atomic E-state index is 0.0366. The van der Waals surface area contributed by atoms with Crippen molar-refractivity contribution in [2.24, 2.45) is 0 Å². The summed E-state index contributed by atoms with van der Waals surface area (Å²) in [6, 6.07) is 6.64. The zero-order valence-electron chi connectivity index (χ0n) is 19.8. The minimum Gasteiger partial charge on any atom is -0.349 e. The van der Waals surface area contributed by atoms with E-state index in [1.165, 1.54) is 16.1 Å². The van der Waals surface area contributed by atoms with Gasteiger partial charge in [0, 0.05) is 24.0 Å². The van der Waals surface area contributed by atoms with Gasteiger partial charge in [0.1, 0.15) is 12.6 Å². The lowest BCUT2D eigenvalue weighted by Gasteiger charge is -2.40. The number of rotatable bonds is 7. The highest BCUT2D eigenvalue weighted by molar-refractivity contribution is 7.13. The molecule has 3 aromatic rings. The van der Waals surface area contributed by atoms with E-state index in [1.54, 1.807) is 29.4 Å². The van der Waals surface area contributed by atoms with Gasteiger partial charge < -0.3 is 10.2 Å². The van der Waals surface area contributed by atoms with E-state index in [9.17, 15) is 9.59 Å². The molecule has 1 fully saturated rings. The van der Waals surface area contributed by atoms with E-state index < -0.39 is 11.6 Å². The molecule has 34 heavy (non-hydrogen) atoms. The van der Waals surface area contributed by atoms with Crippen LogP contribution in [0.25, 0.3) is 10.7 Å². The van der Waals surface area contributed by atoms with Crippen LogP contribution >= 0.6 is 11.3 Å². The highest BCUT2D eigenvalue weighted by Gasteiger charge is 2.38. The van der Waals surface area contributed by atoms with Gasteiger partial charge in [0.15, 0.2) is 0 Å². The topological polar surface area (TPSA) is 106 Å². The summed E-state index contributed by atoms with van der Waals surface area (Å²) in [6.07, 6.45) is 8.24. The average molecular weight is 482 g/mol. The summed E-state index contributed by atoms with van der Waals surface area (Å²) < 4.78 is 0. The van der Waals surface area contributed by atoms with Crippen molar-refractivity contribution in [1.82, 2.24) is 35.4 Å². The number of thiophene rings is 1. The first-order valence-electron chi connectivity index (χ1n) is 11.7. The van der Waals surface area contributed by atoms with Crippen molar-refractivity contribution in [1.29, 1.82) is 0 Å². The number of aromatic nitrogens is 5. The van der Waals surface area contributed by atoms with Crippen LogP contribution in [0.1, 0.15) is 64.5 Å². The van der Waals surface area contributed by atoms with E-state index in [0.717, 1.165) is 42.5 Å². The van der Waals surface area contributed by atoms with E-state index in [2.05, 4.69) is 25.7 Å². The highest BCUT2D eigenvalue weighted by Crippen LogP contribution is 2.31. The standard InChI is InChI=1S/C24H31N7O2S/c1-24(2,3)26-23(33)21(17-11-13-25-14-12-17)31(18-8-5-4-6-9-18)20(32)16-30-28-22(27-29-30)19-10-7-15-34-19/h7,10-15,18,21H,4-6,8-9,16H2,1-3H3,(H,26,33)/t21-/m0/s1. The Labute approximate surface area is 203 Å². The number of pyridine rings is 1. The first-order chi connectivity index (χ1) is 16.3. The van der Waals surface area contributed by atoms with Crippen LogP contribution in [-0.4, -0.2) is 53.5 Å². The normalized spacial score (nSPS) is 15.6. The Hall–Kier alpha value is -3.14. The Morgan fingerprint density at radius 1 is 1.18 bits per heavy atom. The second-order valence-electron chi connectivity index (χ2n) is 9.64. The van der Waals surface area contributed by atoms with Crippen molar-refractivity contribution in [2.75, 3.05) is 0 Å². The number of nitrogens with one attached hydrogen (secondary N) is 1. The summed E-state index contributed by atoms with van der Waals surface area (Å²) in [4.78, 5) is 35.5. The van der Waals surface area contributed by atoms with E-state index in [0.29, 0.717) is 5.82 Å². The molecule has 1 aliphatic carbocycles. The zero-order valence-corrected chi connectivity index (χ0v) is 20.7. The molecule has 10 heteroatoms. The molecular weight excluding hydrogens is 450 g/mol. The summed E-state index contributed by atoms with van der Waals surface area (Å²) in [6.45, 7) is 5.73.